The Hall–Kier alpha value is -1.22. The summed E-state index contributed by atoms with van der Waals surface area (Å²) in [6.45, 7) is 12.2. The Morgan fingerprint density at radius 2 is 2.14 bits per heavy atom. The van der Waals surface area contributed by atoms with Crippen LogP contribution in [0.3, 0.4) is 0 Å². The molecule has 0 saturated carbocycles. The number of ether oxygens (including phenoxy) is 3. The molecular weight excluding hydrogens is 276 g/mol. The van der Waals surface area contributed by atoms with E-state index < -0.39 is 0 Å². The van der Waals surface area contributed by atoms with Gasteiger partial charge in [-0.15, -0.1) is 0 Å². The van der Waals surface area contributed by atoms with Crippen LogP contribution in [-0.2, 0) is 4.74 Å². The number of fused-ring (bicyclic) bond motifs is 1. The second-order valence-electron chi connectivity index (χ2n) is 6.93. The summed E-state index contributed by atoms with van der Waals surface area (Å²) < 4.78 is 17.5. The molecule has 1 aliphatic heterocycles. The molecule has 1 aromatic rings. The van der Waals surface area contributed by atoms with Crippen LogP contribution in [0.2, 0.25) is 0 Å². The van der Waals surface area contributed by atoms with Crippen LogP contribution in [0.1, 0.15) is 65.4 Å². The van der Waals surface area contributed by atoms with Gasteiger partial charge < -0.3 is 14.2 Å². The molecule has 0 bridgehead atoms. The van der Waals surface area contributed by atoms with Gasteiger partial charge in [-0.3, -0.25) is 0 Å². The van der Waals surface area contributed by atoms with Crippen molar-refractivity contribution < 1.29 is 14.2 Å². The molecule has 0 saturated heterocycles. The van der Waals surface area contributed by atoms with Gasteiger partial charge in [0, 0.05) is 24.2 Å². The van der Waals surface area contributed by atoms with Crippen molar-refractivity contribution in [1.82, 2.24) is 0 Å². The highest BCUT2D eigenvalue weighted by Crippen LogP contribution is 2.36. The fourth-order valence-corrected chi connectivity index (χ4v) is 2.99. The Balaban J connectivity index is 1.79. The summed E-state index contributed by atoms with van der Waals surface area (Å²) in [5, 5.41) is 0. The van der Waals surface area contributed by atoms with Crippen molar-refractivity contribution in [3.05, 3.63) is 23.8 Å². The monoisotopic (exact) mass is 306 g/mol. The number of hydrogen-bond acceptors (Lipinski definition) is 3. The van der Waals surface area contributed by atoms with Gasteiger partial charge in [-0.1, -0.05) is 13.0 Å². The van der Waals surface area contributed by atoms with Crippen molar-refractivity contribution in [3.8, 4) is 11.5 Å². The molecule has 3 nitrogen and oxygen atoms in total. The lowest BCUT2D eigenvalue weighted by Gasteiger charge is -2.25. The average Bonchev–Trinajstić information content (AvgIpc) is 2.79. The Labute approximate surface area is 135 Å². The van der Waals surface area contributed by atoms with Crippen LogP contribution >= 0.6 is 0 Å². The molecular formula is C19H30O3. The minimum absolute atomic E-state index is 0.0357. The van der Waals surface area contributed by atoms with E-state index in [9.17, 15) is 0 Å². The molecule has 2 atom stereocenters. The van der Waals surface area contributed by atoms with Crippen LogP contribution in [0.5, 0.6) is 11.5 Å². The van der Waals surface area contributed by atoms with Gasteiger partial charge in [0.05, 0.1) is 18.3 Å². The maximum atomic E-state index is 6.03. The molecule has 0 fully saturated rings. The number of rotatable bonds is 8. The molecule has 2 unspecified atom stereocenters. The van der Waals surface area contributed by atoms with Crippen molar-refractivity contribution in [3.63, 3.8) is 0 Å². The van der Waals surface area contributed by atoms with Crippen LogP contribution in [-0.4, -0.2) is 24.9 Å². The maximum absolute atomic E-state index is 6.03. The number of benzene rings is 1. The third-order valence-electron chi connectivity index (χ3n) is 4.27. The molecule has 3 heteroatoms. The maximum Gasteiger partial charge on any atom is 0.126 e. The molecule has 2 rings (SSSR count). The molecule has 0 amide bonds. The zero-order valence-corrected chi connectivity index (χ0v) is 14.6. The second kappa shape index (κ2) is 7.36. The fourth-order valence-electron chi connectivity index (χ4n) is 2.99. The summed E-state index contributed by atoms with van der Waals surface area (Å²) in [4.78, 5) is 0. The predicted molar refractivity (Wildman–Crippen MR) is 90.0 cm³/mol. The van der Waals surface area contributed by atoms with Gasteiger partial charge >= 0.3 is 0 Å². The zero-order valence-electron chi connectivity index (χ0n) is 14.6. The van der Waals surface area contributed by atoms with E-state index in [1.807, 2.05) is 13.0 Å². The summed E-state index contributed by atoms with van der Waals surface area (Å²) in [6.07, 6.45) is 3.39. The van der Waals surface area contributed by atoms with Crippen molar-refractivity contribution in [2.45, 2.75) is 71.5 Å². The molecule has 0 aromatic heterocycles. The first-order chi connectivity index (χ1) is 10.4. The smallest absolute Gasteiger partial charge is 0.126 e. The largest absolute Gasteiger partial charge is 0.493 e. The summed E-state index contributed by atoms with van der Waals surface area (Å²) in [5.41, 5.74) is 1.25. The second-order valence-corrected chi connectivity index (χ2v) is 6.93. The summed E-state index contributed by atoms with van der Waals surface area (Å²) >= 11 is 0. The van der Waals surface area contributed by atoms with Crippen LogP contribution in [0, 0.1) is 0 Å². The Bertz CT molecular complexity index is 482. The van der Waals surface area contributed by atoms with Gasteiger partial charge in [0.1, 0.15) is 11.5 Å². The highest BCUT2D eigenvalue weighted by Gasteiger charge is 2.21. The van der Waals surface area contributed by atoms with Crippen molar-refractivity contribution >= 4 is 0 Å². The van der Waals surface area contributed by atoms with Crippen molar-refractivity contribution in [2.24, 2.45) is 0 Å². The third kappa shape index (κ3) is 4.64. The first kappa shape index (κ1) is 17.1. The summed E-state index contributed by atoms with van der Waals surface area (Å²) in [7, 11) is 0. The molecule has 1 aliphatic rings. The molecule has 0 spiro atoms. The topological polar surface area (TPSA) is 27.7 Å². The lowest BCUT2D eigenvalue weighted by Crippen LogP contribution is -2.25. The highest BCUT2D eigenvalue weighted by molar-refractivity contribution is 5.45. The van der Waals surface area contributed by atoms with Gasteiger partial charge in [-0.05, 0) is 53.0 Å². The standard InChI is InChI=1S/C19H30O3/c1-6-21-19(4,5)11-7-8-15(3)22-16-9-10-17-14(2)13-20-18(17)12-16/h9-10,12,14-15H,6-8,11,13H2,1-5H3. The Morgan fingerprint density at radius 3 is 2.86 bits per heavy atom. The minimum atomic E-state index is -0.0357. The highest BCUT2D eigenvalue weighted by atomic mass is 16.5. The lowest BCUT2D eigenvalue weighted by atomic mass is 10.00. The van der Waals surface area contributed by atoms with Gasteiger partial charge in [-0.2, -0.15) is 0 Å². The molecule has 1 heterocycles. The van der Waals surface area contributed by atoms with Crippen LogP contribution in [0.4, 0.5) is 0 Å². The van der Waals surface area contributed by atoms with E-state index in [0.29, 0.717) is 5.92 Å². The molecule has 22 heavy (non-hydrogen) atoms. The van der Waals surface area contributed by atoms with E-state index >= 15 is 0 Å². The molecule has 0 radical (unpaired) electrons. The van der Waals surface area contributed by atoms with Crippen LogP contribution in [0.25, 0.3) is 0 Å². The minimum Gasteiger partial charge on any atom is -0.493 e. The normalized spacial score (nSPS) is 18.7. The van der Waals surface area contributed by atoms with Crippen molar-refractivity contribution in [1.29, 1.82) is 0 Å². The van der Waals surface area contributed by atoms with E-state index in [2.05, 4.69) is 39.8 Å². The first-order valence-electron chi connectivity index (χ1n) is 8.48. The Morgan fingerprint density at radius 1 is 1.36 bits per heavy atom. The van der Waals surface area contributed by atoms with E-state index in [1.54, 1.807) is 0 Å². The van der Waals surface area contributed by atoms with Gasteiger partial charge in [0.2, 0.25) is 0 Å². The molecule has 0 N–H and O–H groups in total. The van der Waals surface area contributed by atoms with E-state index in [-0.39, 0.29) is 11.7 Å². The third-order valence-corrected chi connectivity index (χ3v) is 4.27. The van der Waals surface area contributed by atoms with Gasteiger partial charge in [0.15, 0.2) is 0 Å². The molecule has 1 aromatic carbocycles. The molecule has 0 aliphatic carbocycles. The van der Waals surface area contributed by atoms with Crippen molar-refractivity contribution in [2.75, 3.05) is 13.2 Å². The fraction of sp³-hybridized carbons (Fsp3) is 0.684. The SMILES string of the molecule is CCOC(C)(C)CCCC(C)Oc1ccc2c(c1)OCC2C. The van der Waals surface area contributed by atoms with Gasteiger partial charge in [-0.25, -0.2) is 0 Å². The quantitative estimate of drug-likeness (QED) is 0.681. The number of hydrogen-bond donors (Lipinski definition) is 0. The summed E-state index contributed by atoms with van der Waals surface area (Å²) in [5.74, 6) is 2.38. The van der Waals surface area contributed by atoms with Gasteiger partial charge in [0.25, 0.3) is 0 Å². The van der Waals surface area contributed by atoms with Crippen LogP contribution in [0.15, 0.2) is 18.2 Å². The Kier molecular flexibility index (Phi) is 5.74. The zero-order chi connectivity index (χ0) is 16.2. The lowest BCUT2D eigenvalue weighted by molar-refractivity contribution is -0.0190. The van der Waals surface area contributed by atoms with E-state index in [0.717, 1.165) is 44.0 Å². The summed E-state index contributed by atoms with van der Waals surface area (Å²) in [6, 6.07) is 6.22. The predicted octanol–water partition coefficient (Wildman–Crippen LogP) is 4.94. The first-order valence-corrected chi connectivity index (χ1v) is 8.48. The van der Waals surface area contributed by atoms with E-state index in [4.69, 9.17) is 14.2 Å². The molecule has 124 valence electrons. The average molecular weight is 306 g/mol. The van der Waals surface area contributed by atoms with Crippen LogP contribution < -0.4 is 9.47 Å². The van der Waals surface area contributed by atoms with E-state index in [1.165, 1.54) is 5.56 Å².